The maximum atomic E-state index is 6.03. The molecule has 104 valence electrons. The minimum absolute atomic E-state index is 0.275. The van der Waals surface area contributed by atoms with Gasteiger partial charge >= 0.3 is 0 Å². The first-order valence-corrected chi connectivity index (χ1v) is 6.82. The van der Waals surface area contributed by atoms with Crippen molar-refractivity contribution in [2.24, 2.45) is 22.9 Å². The van der Waals surface area contributed by atoms with Crippen LogP contribution >= 0.6 is 0 Å². The number of hydrogen-bond donors (Lipinski definition) is 4. The van der Waals surface area contributed by atoms with Crippen LogP contribution in [-0.2, 0) is 0 Å². The summed E-state index contributed by atoms with van der Waals surface area (Å²) in [6.45, 7) is 5.39. The quantitative estimate of drug-likeness (QED) is 0.369. The van der Waals surface area contributed by atoms with Gasteiger partial charge in [-0.1, -0.05) is 0 Å². The molecule has 0 aromatic carbocycles. The zero-order valence-corrected chi connectivity index (χ0v) is 11.1. The van der Waals surface area contributed by atoms with Crippen LogP contribution in [0.5, 0.6) is 0 Å². The lowest BCUT2D eigenvalue weighted by molar-refractivity contribution is 0.257. The van der Waals surface area contributed by atoms with Crippen molar-refractivity contribution in [3.05, 3.63) is 0 Å². The van der Waals surface area contributed by atoms with Crippen LogP contribution in [0.25, 0.3) is 0 Å². The van der Waals surface area contributed by atoms with Crippen LogP contribution in [0.3, 0.4) is 0 Å². The van der Waals surface area contributed by atoms with Crippen molar-refractivity contribution in [1.82, 2.24) is 4.90 Å². The van der Waals surface area contributed by atoms with Gasteiger partial charge in [0.25, 0.3) is 0 Å². The van der Waals surface area contributed by atoms with Gasteiger partial charge in [0.2, 0.25) is 0 Å². The first kappa shape index (κ1) is 16.8. The fourth-order valence-electron chi connectivity index (χ4n) is 1.84. The largest absolute Gasteiger partial charge is 0.330 e. The molecule has 0 aromatic heterocycles. The van der Waals surface area contributed by atoms with Crippen LogP contribution in [0.4, 0.5) is 0 Å². The Morgan fingerprint density at radius 2 is 1.24 bits per heavy atom. The van der Waals surface area contributed by atoms with Gasteiger partial charge in [0.15, 0.2) is 0 Å². The van der Waals surface area contributed by atoms with E-state index in [1.807, 2.05) is 0 Å². The summed E-state index contributed by atoms with van der Waals surface area (Å²) >= 11 is 0. The van der Waals surface area contributed by atoms with Crippen molar-refractivity contribution in [2.75, 3.05) is 39.3 Å². The van der Waals surface area contributed by atoms with Crippen LogP contribution < -0.4 is 22.9 Å². The maximum absolute atomic E-state index is 6.03. The summed E-state index contributed by atoms with van der Waals surface area (Å²) in [6, 6.07) is 0.275. The van der Waals surface area contributed by atoms with Gasteiger partial charge < -0.3 is 27.8 Å². The van der Waals surface area contributed by atoms with E-state index in [1.165, 1.54) is 0 Å². The average molecular weight is 245 g/mol. The number of nitrogens with two attached hydrogens (primary N) is 4. The fourth-order valence-corrected chi connectivity index (χ4v) is 1.84. The minimum Gasteiger partial charge on any atom is -0.330 e. The standard InChI is InChI=1S/C12H31N5/c13-6-1-4-12(16)5-11-17(9-2-7-14)10-3-8-15/h12H,1-11,13-16H2. The van der Waals surface area contributed by atoms with E-state index in [0.717, 1.165) is 71.4 Å². The first-order valence-electron chi connectivity index (χ1n) is 6.82. The van der Waals surface area contributed by atoms with Crippen LogP contribution in [0.1, 0.15) is 32.1 Å². The van der Waals surface area contributed by atoms with E-state index >= 15 is 0 Å². The van der Waals surface area contributed by atoms with Crippen molar-refractivity contribution >= 4 is 0 Å². The predicted molar refractivity (Wildman–Crippen MR) is 74.7 cm³/mol. The third-order valence-electron chi connectivity index (χ3n) is 2.95. The van der Waals surface area contributed by atoms with Crippen LogP contribution in [0.15, 0.2) is 0 Å². The molecule has 0 aromatic rings. The lowest BCUT2D eigenvalue weighted by Gasteiger charge is -2.23. The topological polar surface area (TPSA) is 107 Å². The van der Waals surface area contributed by atoms with Crippen molar-refractivity contribution in [3.63, 3.8) is 0 Å². The molecule has 0 saturated heterocycles. The van der Waals surface area contributed by atoms with Crippen LogP contribution in [0, 0.1) is 0 Å². The van der Waals surface area contributed by atoms with Crippen molar-refractivity contribution in [2.45, 2.75) is 38.1 Å². The zero-order chi connectivity index (χ0) is 12.9. The molecule has 1 unspecified atom stereocenters. The van der Waals surface area contributed by atoms with Crippen molar-refractivity contribution < 1.29 is 0 Å². The predicted octanol–water partition coefficient (Wildman–Crippen LogP) is -0.558. The molecule has 0 radical (unpaired) electrons. The summed E-state index contributed by atoms with van der Waals surface area (Å²) in [6.07, 6.45) is 5.17. The summed E-state index contributed by atoms with van der Waals surface area (Å²) in [5.41, 5.74) is 22.6. The second-order valence-electron chi connectivity index (χ2n) is 4.61. The van der Waals surface area contributed by atoms with Gasteiger partial charge in [-0.25, -0.2) is 0 Å². The highest BCUT2D eigenvalue weighted by Gasteiger charge is 2.07. The lowest BCUT2D eigenvalue weighted by Crippen LogP contribution is -2.33. The van der Waals surface area contributed by atoms with E-state index < -0.39 is 0 Å². The maximum Gasteiger partial charge on any atom is 0.00514 e. The number of nitrogens with zero attached hydrogens (tertiary/aromatic N) is 1. The summed E-state index contributed by atoms with van der Waals surface area (Å²) in [5, 5.41) is 0. The molecule has 0 fully saturated rings. The van der Waals surface area contributed by atoms with Gasteiger partial charge in [0.05, 0.1) is 0 Å². The Kier molecular flexibility index (Phi) is 12.1. The first-order chi connectivity index (χ1) is 8.24. The zero-order valence-electron chi connectivity index (χ0n) is 11.1. The van der Waals surface area contributed by atoms with E-state index in [4.69, 9.17) is 22.9 Å². The van der Waals surface area contributed by atoms with Gasteiger partial charge in [-0.15, -0.1) is 0 Å². The van der Waals surface area contributed by atoms with Crippen LogP contribution in [-0.4, -0.2) is 50.2 Å². The molecular weight excluding hydrogens is 214 g/mol. The van der Waals surface area contributed by atoms with E-state index in [9.17, 15) is 0 Å². The molecule has 0 rings (SSSR count). The number of hydrogen-bond acceptors (Lipinski definition) is 5. The van der Waals surface area contributed by atoms with E-state index in [-0.39, 0.29) is 6.04 Å². The highest BCUT2D eigenvalue weighted by Crippen LogP contribution is 2.02. The lowest BCUT2D eigenvalue weighted by atomic mass is 10.1. The van der Waals surface area contributed by atoms with Gasteiger partial charge in [-0.05, 0) is 71.4 Å². The summed E-state index contributed by atoms with van der Waals surface area (Å²) < 4.78 is 0. The third-order valence-corrected chi connectivity index (χ3v) is 2.95. The molecule has 17 heavy (non-hydrogen) atoms. The summed E-state index contributed by atoms with van der Waals surface area (Å²) in [5.74, 6) is 0. The molecule has 0 bridgehead atoms. The molecule has 5 nitrogen and oxygen atoms in total. The van der Waals surface area contributed by atoms with E-state index in [0.29, 0.717) is 0 Å². The molecule has 0 aliphatic rings. The molecule has 0 amide bonds. The summed E-state index contributed by atoms with van der Waals surface area (Å²) in [4.78, 5) is 2.42. The van der Waals surface area contributed by atoms with Gasteiger partial charge in [0, 0.05) is 6.04 Å². The SMILES string of the molecule is NCCCC(N)CCN(CCCN)CCCN. The third kappa shape index (κ3) is 10.7. The normalized spacial score (nSPS) is 13.2. The fraction of sp³-hybridized carbons (Fsp3) is 1.00. The molecule has 0 spiro atoms. The summed E-state index contributed by atoms with van der Waals surface area (Å²) in [7, 11) is 0. The second kappa shape index (κ2) is 12.3. The molecule has 0 heterocycles. The van der Waals surface area contributed by atoms with Gasteiger partial charge in [0.1, 0.15) is 0 Å². The van der Waals surface area contributed by atoms with Crippen LogP contribution in [0.2, 0.25) is 0 Å². The number of rotatable bonds is 12. The Labute approximate surface area is 106 Å². The minimum atomic E-state index is 0.275. The molecule has 0 aliphatic carbocycles. The van der Waals surface area contributed by atoms with Gasteiger partial charge in [-0.2, -0.15) is 0 Å². The van der Waals surface area contributed by atoms with Gasteiger partial charge in [-0.3, -0.25) is 0 Å². The molecule has 0 saturated carbocycles. The Bertz CT molecular complexity index is 146. The second-order valence-corrected chi connectivity index (χ2v) is 4.61. The molecular formula is C12H31N5. The monoisotopic (exact) mass is 245 g/mol. The highest BCUT2D eigenvalue weighted by molar-refractivity contribution is 4.67. The Balaban J connectivity index is 3.71. The molecule has 8 N–H and O–H groups in total. The smallest absolute Gasteiger partial charge is 0.00514 e. The van der Waals surface area contributed by atoms with E-state index in [1.54, 1.807) is 0 Å². The van der Waals surface area contributed by atoms with E-state index in [2.05, 4.69) is 4.90 Å². The Morgan fingerprint density at radius 1 is 0.706 bits per heavy atom. The molecule has 5 heteroatoms. The Morgan fingerprint density at radius 3 is 1.71 bits per heavy atom. The molecule has 0 aliphatic heterocycles. The van der Waals surface area contributed by atoms with Crippen molar-refractivity contribution in [1.29, 1.82) is 0 Å². The average Bonchev–Trinajstić information content (AvgIpc) is 2.35. The molecule has 1 atom stereocenters. The van der Waals surface area contributed by atoms with Crippen molar-refractivity contribution in [3.8, 4) is 0 Å². The highest BCUT2D eigenvalue weighted by atomic mass is 15.1. The Hall–Kier alpha value is -0.200.